The molecule has 0 atom stereocenters. The van der Waals surface area contributed by atoms with Crippen LogP contribution >= 0.6 is 11.8 Å². The van der Waals surface area contributed by atoms with Gasteiger partial charge in [0, 0.05) is 68.6 Å². The van der Waals surface area contributed by atoms with E-state index in [9.17, 15) is 0 Å². The lowest BCUT2D eigenvalue weighted by Crippen LogP contribution is -2.59. The highest BCUT2D eigenvalue weighted by molar-refractivity contribution is 7.99. The molecule has 1 aromatic rings. The molecule has 27 heavy (non-hydrogen) atoms. The molecule has 1 aliphatic heterocycles. The van der Waals surface area contributed by atoms with Gasteiger partial charge in [-0.3, -0.25) is 14.6 Å². The summed E-state index contributed by atoms with van der Waals surface area (Å²) in [6.07, 6.45) is 6.71. The van der Waals surface area contributed by atoms with Crippen LogP contribution in [0.3, 0.4) is 0 Å². The number of guanidine groups is 1. The fourth-order valence-corrected chi connectivity index (χ4v) is 5.47. The van der Waals surface area contributed by atoms with Crippen LogP contribution in [0.1, 0.15) is 49.1 Å². The molecule has 2 aliphatic rings. The summed E-state index contributed by atoms with van der Waals surface area (Å²) in [5.74, 6) is 3.44. The fourth-order valence-electron chi connectivity index (χ4n) is 4.57. The van der Waals surface area contributed by atoms with E-state index in [1.807, 2.05) is 18.8 Å². The molecule has 3 rings (SSSR count). The second kappa shape index (κ2) is 9.32. The summed E-state index contributed by atoms with van der Waals surface area (Å²) in [5.41, 5.74) is 3.87. The van der Waals surface area contributed by atoms with Crippen LogP contribution in [0.25, 0.3) is 0 Å². The summed E-state index contributed by atoms with van der Waals surface area (Å²) in [6.45, 7) is 8.41. The van der Waals surface area contributed by atoms with Crippen LogP contribution < -0.4 is 10.6 Å². The van der Waals surface area contributed by atoms with Gasteiger partial charge in [0.25, 0.3) is 0 Å². The van der Waals surface area contributed by atoms with Gasteiger partial charge in [-0.25, -0.2) is 0 Å². The largest absolute Gasteiger partial charge is 0.355 e. The average molecular weight is 393 g/mol. The van der Waals surface area contributed by atoms with Crippen molar-refractivity contribution in [2.24, 2.45) is 12.0 Å². The van der Waals surface area contributed by atoms with Crippen LogP contribution in [0.15, 0.2) is 4.99 Å². The second-order valence-electron chi connectivity index (χ2n) is 7.94. The van der Waals surface area contributed by atoms with E-state index in [2.05, 4.69) is 51.2 Å². The number of aromatic nitrogens is 2. The molecule has 1 saturated heterocycles. The lowest BCUT2D eigenvalue weighted by molar-refractivity contribution is 0.0626. The average Bonchev–Trinajstić information content (AvgIpc) is 2.95. The first-order chi connectivity index (χ1) is 13.1. The molecule has 2 fully saturated rings. The number of nitrogens with one attached hydrogen (secondary N) is 2. The zero-order valence-corrected chi connectivity index (χ0v) is 18.3. The van der Waals surface area contributed by atoms with Crippen molar-refractivity contribution in [3.05, 3.63) is 17.0 Å². The minimum absolute atomic E-state index is 0.303. The minimum Gasteiger partial charge on any atom is -0.355 e. The SMILES string of the molecule is CN=C(NCc1c(C)nn(C)c1C)NCC1(N2CCSCC2)CCCCC1. The van der Waals surface area contributed by atoms with Gasteiger partial charge >= 0.3 is 0 Å². The van der Waals surface area contributed by atoms with Crippen LogP contribution in [-0.2, 0) is 13.6 Å². The van der Waals surface area contributed by atoms with E-state index in [0.717, 1.165) is 24.7 Å². The first-order valence-corrected chi connectivity index (χ1v) is 11.5. The maximum Gasteiger partial charge on any atom is 0.191 e. The quantitative estimate of drug-likeness (QED) is 0.595. The third-order valence-electron chi connectivity index (χ3n) is 6.37. The molecule has 152 valence electrons. The molecule has 0 aromatic carbocycles. The van der Waals surface area contributed by atoms with E-state index in [1.54, 1.807) is 0 Å². The Morgan fingerprint density at radius 3 is 2.44 bits per heavy atom. The normalized spacial score (nSPS) is 21.3. The Labute approximate surface area is 168 Å². The van der Waals surface area contributed by atoms with Crippen LogP contribution in [0, 0.1) is 13.8 Å². The van der Waals surface area contributed by atoms with Gasteiger partial charge in [0.2, 0.25) is 0 Å². The van der Waals surface area contributed by atoms with E-state index in [0.29, 0.717) is 5.54 Å². The third kappa shape index (κ3) is 4.80. The number of thioether (sulfide) groups is 1. The predicted octanol–water partition coefficient (Wildman–Crippen LogP) is 2.45. The number of aryl methyl sites for hydroxylation is 2. The smallest absolute Gasteiger partial charge is 0.191 e. The van der Waals surface area contributed by atoms with E-state index in [4.69, 9.17) is 0 Å². The summed E-state index contributed by atoms with van der Waals surface area (Å²) >= 11 is 2.09. The summed E-state index contributed by atoms with van der Waals surface area (Å²) in [6, 6.07) is 0. The van der Waals surface area contributed by atoms with Crippen molar-refractivity contribution >= 4 is 17.7 Å². The number of hydrogen-bond donors (Lipinski definition) is 2. The topological polar surface area (TPSA) is 57.5 Å². The van der Waals surface area contributed by atoms with Gasteiger partial charge in [0.15, 0.2) is 5.96 Å². The van der Waals surface area contributed by atoms with E-state index >= 15 is 0 Å². The van der Waals surface area contributed by atoms with Gasteiger partial charge in [-0.15, -0.1) is 0 Å². The maximum absolute atomic E-state index is 4.51. The first-order valence-electron chi connectivity index (χ1n) is 10.3. The van der Waals surface area contributed by atoms with Crippen LogP contribution in [0.5, 0.6) is 0 Å². The van der Waals surface area contributed by atoms with Crippen molar-refractivity contribution in [2.75, 3.05) is 38.2 Å². The highest BCUT2D eigenvalue weighted by atomic mass is 32.2. The van der Waals surface area contributed by atoms with Gasteiger partial charge < -0.3 is 10.6 Å². The van der Waals surface area contributed by atoms with Crippen molar-refractivity contribution in [3.8, 4) is 0 Å². The molecule has 0 unspecified atom stereocenters. The predicted molar refractivity (Wildman–Crippen MR) is 116 cm³/mol. The molecular weight excluding hydrogens is 356 g/mol. The molecule has 2 N–H and O–H groups in total. The van der Waals surface area contributed by atoms with Gasteiger partial charge in [0.05, 0.1) is 5.69 Å². The van der Waals surface area contributed by atoms with Crippen molar-refractivity contribution in [3.63, 3.8) is 0 Å². The highest BCUT2D eigenvalue weighted by Crippen LogP contribution is 2.34. The van der Waals surface area contributed by atoms with Crippen molar-refractivity contribution in [1.29, 1.82) is 0 Å². The van der Waals surface area contributed by atoms with E-state index < -0.39 is 0 Å². The molecule has 0 amide bonds. The summed E-state index contributed by atoms with van der Waals surface area (Å²) in [4.78, 5) is 7.24. The van der Waals surface area contributed by atoms with Crippen LogP contribution in [-0.4, -0.2) is 64.4 Å². The van der Waals surface area contributed by atoms with E-state index in [1.165, 1.54) is 68.0 Å². The lowest BCUT2D eigenvalue weighted by atomic mass is 9.80. The molecule has 1 aromatic heterocycles. The zero-order valence-electron chi connectivity index (χ0n) is 17.5. The Balaban J connectivity index is 1.61. The molecule has 1 aliphatic carbocycles. The molecule has 1 saturated carbocycles. The first kappa shape index (κ1) is 20.5. The Bertz CT molecular complexity index is 641. The van der Waals surface area contributed by atoms with Gasteiger partial charge in [-0.1, -0.05) is 19.3 Å². The highest BCUT2D eigenvalue weighted by Gasteiger charge is 2.38. The zero-order chi connectivity index (χ0) is 19.3. The standard InChI is InChI=1S/C20H36N6S/c1-16-18(17(2)25(4)24-16)14-22-19(21-3)23-15-20(8-6-5-7-9-20)26-10-12-27-13-11-26/h5-15H2,1-4H3,(H2,21,22,23). The Morgan fingerprint density at radius 2 is 1.85 bits per heavy atom. The molecule has 2 heterocycles. The number of rotatable bonds is 5. The number of nitrogens with zero attached hydrogens (tertiary/aromatic N) is 4. The summed E-state index contributed by atoms with van der Waals surface area (Å²) in [5, 5.41) is 11.7. The van der Waals surface area contributed by atoms with Crippen molar-refractivity contribution < 1.29 is 0 Å². The maximum atomic E-state index is 4.51. The Kier molecular flexibility index (Phi) is 7.09. The lowest BCUT2D eigenvalue weighted by Gasteiger charge is -2.48. The molecule has 0 spiro atoms. The molecule has 0 radical (unpaired) electrons. The monoisotopic (exact) mass is 392 g/mol. The Morgan fingerprint density at radius 1 is 1.15 bits per heavy atom. The van der Waals surface area contributed by atoms with Crippen LogP contribution in [0.4, 0.5) is 0 Å². The molecule has 7 heteroatoms. The molecular formula is C20H36N6S. The minimum atomic E-state index is 0.303. The van der Waals surface area contributed by atoms with Gasteiger partial charge in [-0.2, -0.15) is 16.9 Å². The fraction of sp³-hybridized carbons (Fsp3) is 0.800. The number of aliphatic imine (C=N–C) groups is 1. The second-order valence-corrected chi connectivity index (χ2v) is 9.16. The molecule has 0 bridgehead atoms. The van der Waals surface area contributed by atoms with Crippen LogP contribution in [0.2, 0.25) is 0 Å². The summed E-state index contributed by atoms with van der Waals surface area (Å²) < 4.78 is 1.95. The number of hydrogen-bond acceptors (Lipinski definition) is 4. The summed E-state index contributed by atoms with van der Waals surface area (Å²) in [7, 11) is 3.87. The van der Waals surface area contributed by atoms with E-state index in [-0.39, 0.29) is 0 Å². The van der Waals surface area contributed by atoms with Gasteiger partial charge in [0.1, 0.15) is 0 Å². The van der Waals surface area contributed by atoms with Crippen molar-refractivity contribution in [1.82, 2.24) is 25.3 Å². The molecule has 6 nitrogen and oxygen atoms in total. The van der Waals surface area contributed by atoms with Crippen molar-refractivity contribution in [2.45, 2.75) is 58.0 Å². The Hall–Kier alpha value is -1.21. The van der Waals surface area contributed by atoms with Gasteiger partial charge in [-0.05, 0) is 26.7 Å². The third-order valence-corrected chi connectivity index (χ3v) is 7.31.